The van der Waals surface area contributed by atoms with E-state index in [-0.39, 0.29) is 18.0 Å². The maximum atomic E-state index is 14.4. The van der Waals surface area contributed by atoms with Crippen molar-refractivity contribution in [1.29, 1.82) is 0 Å². The molecule has 3 heterocycles. The van der Waals surface area contributed by atoms with Crippen LogP contribution in [0.1, 0.15) is 114 Å². The number of nitrogens with zero attached hydrogens (tertiary/aromatic N) is 4. The zero-order valence-electron chi connectivity index (χ0n) is 24.7. The third-order valence-corrected chi connectivity index (χ3v) is 9.26. The number of hydrogen-bond donors (Lipinski definition) is 0. The first-order valence-corrected chi connectivity index (χ1v) is 15.1. The topological polar surface area (TPSA) is 75.6 Å². The van der Waals surface area contributed by atoms with Crippen molar-refractivity contribution >= 4 is 23.6 Å². The molecule has 2 aromatic rings. The normalized spacial score (nSPS) is 23.7. The summed E-state index contributed by atoms with van der Waals surface area (Å²) in [6, 6.07) is 7.22. The van der Waals surface area contributed by atoms with Crippen LogP contribution >= 0.6 is 11.6 Å². The Morgan fingerprint density at radius 2 is 1.73 bits per heavy atom. The molecule has 2 fully saturated rings. The summed E-state index contributed by atoms with van der Waals surface area (Å²) in [4.78, 5) is 41.1. The summed E-state index contributed by atoms with van der Waals surface area (Å²) in [5.41, 5.74) is 3.56. The first-order valence-electron chi connectivity index (χ1n) is 14.8. The van der Waals surface area contributed by atoms with Crippen LogP contribution in [0.2, 0.25) is 5.02 Å². The number of benzene rings is 1. The van der Waals surface area contributed by atoms with Crippen molar-refractivity contribution in [3.63, 3.8) is 0 Å². The van der Waals surface area contributed by atoms with Gasteiger partial charge in [0.1, 0.15) is 11.9 Å². The van der Waals surface area contributed by atoms with Crippen molar-refractivity contribution < 1.29 is 14.3 Å². The minimum atomic E-state index is -0.624. The lowest BCUT2D eigenvalue weighted by Crippen LogP contribution is -2.53. The molecule has 2 unspecified atom stereocenters. The van der Waals surface area contributed by atoms with E-state index in [0.717, 1.165) is 44.1 Å². The fourth-order valence-electron chi connectivity index (χ4n) is 6.99. The lowest BCUT2D eigenvalue weighted by Gasteiger charge is -2.41. The number of amides is 2. The summed E-state index contributed by atoms with van der Waals surface area (Å²) < 4.78 is 5.86. The van der Waals surface area contributed by atoms with Gasteiger partial charge in [0.25, 0.3) is 0 Å². The number of fused-ring (bicyclic) bond motifs is 1. The number of aryl methyl sites for hydroxylation is 1. The number of ether oxygens (including phenoxy) is 1. The van der Waals surface area contributed by atoms with Gasteiger partial charge in [-0.05, 0) is 102 Å². The average molecular weight is 567 g/mol. The molecule has 0 saturated carbocycles. The number of carbonyl (C=O) groups is 2. The van der Waals surface area contributed by atoms with E-state index in [4.69, 9.17) is 21.3 Å². The average Bonchev–Trinajstić information content (AvgIpc) is 3.43. The highest BCUT2D eigenvalue weighted by molar-refractivity contribution is 6.30. The van der Waals surface area contributed by atoms with Crippen molar-refractivity contribution in [3.8, 4) is 0 Å². The third-order valence-electron chi connectivity index (χ3n) is 9.00. The Morgan fingerprint density at radius 1 is 1.05 bits per heavy atom. The van der Waals surface area contributed by atoms with Gasteiger partial charge in [-0.2, -0.15) is 0 Å². The molecule has 7 nitrogen and oxygen atoms in total. The number of aromatic nitrogens is 2. The Kier molecular flexibility index (Phi) is 7.90. The molecule has 40 heavy (non-hydrogen) atoms. The molecule has 1 aromatic heterocycles. The van der Waals surface area contributed by atoms with E-state index in [1.54, 1.807) is 6.33 Å². The molecular formula is C32H43ClN4O3. The van der Waals surface area contributed by atoms with Crippen LogP contribution in [0.15, 0.2) is 30.6 Å². The molecule has 2 aliphatic heterocycles. The van der Waals surface area contributed by atoms with Crippen LogP contribution in [0.5, 0.6) is 0 Å². The van der Waals surface area contributed by atoms with Crippen LogP contribution in [0.3, 0.4) is 0 Å². The van der Waals surface area contributed by atoms with E-state index in [2.05, 4.69) is 25.8 Å². The maximum Gasteiger partial charge on any atom is 0.411 e. The van der Waals surface area contributed by atoms with Gasteiger partial charge >= 0.3 is 6.09 Å². The van der Waals surface area contributed by atoms with E-state index < -0.39 is 17.1 Å². The number of carbonyl (C=O) groups excluding carboxylic acids is 2. The van der Waals surface area contributed by atoms with E-state index >= 15 is 0 Å². The number of likely N-dealkylation sites (tertiary alicyclic amines) is 2. The van der Waals surface area contributed by atoms with Crippen LogP contribution in [0, 0.1) is 0 Å². The molecule has 5 rings (SSSR count). The highest BCUT2D eigenvalue weighted by atomic mass is 35.5. The van der Waals surface area contributed by atoms with Gasteiger partial charge in [0, 0.05) is 35.3 Å². The molecular weight excluding hydrogens is 524 g/mol. The Bertz CT molecular complexity index is 1250. The molecule has 2 saturated heterocycles. The fraction of sp³-hybridized carbons (Fsp3) is 0.625. The predicted molar refractivity (Wildman–Crippen MR) is 157 cm³/mol. The third kappa shape index (κ3) is 5.72. The second-order valence-corrected chi connectivity index (χ2v) is 13.9. The van der Waals surface area contributed by atoms with Gasteiger partial charge in [0.05, 0.1) is 17.7 Å². The second-order valence-electron chi connectivity index (χ2n) is 13.5. The van der Waals surface area contributed by atoms with Gasteiger partial charge < -0.3 is 9.64 Å². The monoisotopic (exact) mass is 566 g/mol. The molecule has 1 aliphatic carbocycles. The van der Waals surface area contributed by atoms with E-state index in [1.807, 2.05) is 54.8 Å². The summed E-state index contributed by atoms with van der Waals surface area (Å²) >= 11 is 6.24. The zero-order chi connectivity index (χ0) is 28.8. The minimum Gasteiger partial charge on any atom is -0.444 e. The fourth-order valence-corrected chi connectivity index (χ4v) is 7.11. The Labute approximate surface area is 243 Å². The van der Waals surface area contributed by atoms with E-state index in [0.29, 0.717) is 29.9 Å². The Balaban J connectivity index is 1.40. The van der Waals surface area contributed by atoms with Crippen molar-refractivity contribution in [1.82, 2.24) is 19.8 Å². The second kappa shape index (κ2) is 11.0. The molecule has 2 amide bonds. The maximum absolute atomic E-state index is 14.4. The van der Waals surface area contributed by atoms with Gasteiger partial charge in [-0.1, -0.05) is 30.7 Å². The Morgan fingerprint density at radius 3 is 2.38 bits per heavy atom. The van der Waals surface area contributed by atoms with Crippen LogP contribution in [0.4, 0.5) is 4.79 Å². The highest BCUT2D eigenvalue weighted by Crippen LogP contribution is 2.43. The number of hydrogen-bond acceptors (Lipinski definition) is 5. The summed E-state index contributed by atoms with van der Waals surface area (Å²) in [7, 11) is 0. The molecule has 0 N–H and O–H groups in total. The van der Waals surface area contributed by atoms with Crippen molar-refractivity contribution in [3.05, 3.63) is 58.1 Å². The van der Waals surface area contributed by atoms with Crippen LogP contribution in [-0.2, 0) is 16.0 Å². The molecule has 0 radical (unpaired) electrons. The smallest absolute Gasteiger partial charge is 0.411 e. The Hall–Kier alpha value is -2.67. The van der Waals surface area contributed by atoms with Crippen LogP contribution in [-0.4, -0.2) is 62.0 Å². The summed E-state index contributed by atoms with van der Waals surface area (Å²) in [5, 5.41) is 0.623. The zero-order valence-corrected chi connectivity index (χ0v) is 25.5. The predicted octanol–water partition coefficient (Wildman–Crippen LogP) is 6.85. The standard InChI is InChI=1S/C32H43ClN4O3/c1-20-7-12-24-26(20)28(35-19-34-24)22-14-17-36(18-15-22)29(38)27(21-8-10-23(33)11-9-21)25-13-16-32(5,6)37(25)30(39)40-31(2,3)4/h8-11,19-20,22,25,27H,7,12-18H2,1-6H3/t20?,25?,27-/m0/s1. The van der Waals surface area contributed by atoms with Gasteiger partial charge in [0.15, 0.2) is 0 Å². The first kappa shape index (κ1) is 28.8. The molecule has 0 bridgehead atoms. The van der Waals surface area contributed by atoms with E-state index in [1.165, 1.54) is 17.0 Å². The lowest BCUT2D eigenvalue weighted by molar-refractivity contribution is -0.135. The highest BCUT2D eigenvalue weighted by Gasteiger charge is 2.50. The van der Waals surface area contributed by atoms with Gasteiger partial charge in [0.2, 0.25) is 5.91 Å². The summed E-state index contributed by atoms with van der Waals surface area (Å²) in [5.74, 6) is 0.397. The summed E-state index contributed by atoms with van der Waals surface area (Å²) in [6.07, 6.45) is 6.79. The van der Waals surface area contributed by atoms with Crippen LogP contribution in [0.25, 0.3) is 0 Å². The molecule has 3 aliphatic rings. The van der Waals surface area contributed by atoms with Crippen LogP contribution < -0.4 is 0 Å². The number of piperidine rings is 1. The number of rotatable bonds is 4. The lowest BCUT2D eigenvalue weighted by atomic mass is 9.85. The van der Waals surface area contributed by atoms with Crippen molar-refractivity contribution in [2.24, 2.45) is 0 Å². The van der Waals surface area contributed by atoms with Crippen molar-refractivity contribution in [2.45, 2.75) is 115 Å². The molecule has 1 aromatic carbocycles. The molecule has 8 heteroatoms. The van der Waals surface area contributed by atoms with E-state index in [9.17, 15) is 9.59 Å². The number of halogens is 1. The molecule has 0 spiro atoms. The SMILES string of the molecule is CC1CCc2ncnc(C3CCN(C(=O)[C@@H](c4ccc(Cl)cc4)C4CCC(C)(C)N4C(=O)OC(C)(C)C)CC3)c21. The minimum absolute atomic E-state index is 0.0679. The summed E-state index contributed by atoms with van der Waals surface area (Å²) in [6.45, 7) is 13.4. The molecule has 216 valence electrons. The van der Waals surface area contributed by atoms with Crippen molar-refractivity contribution in [2.75, 3.05) is 13.1 Å². The van der Waals surface area contributed by atoms with Gasteiger partial charge in [-0.25, -0.2) is 14.8 Å². The van der Waals surface area contributed by atoms with Gasteiger partial charge in [-0.3, -0.25) is 9.69 Å². The first-order chi connectivity index (χ1) is 18.9. The quantitative estimate of drug-likeness (QED) is 0.404. The largest absolute Gasteiger partial charge is 0.444 e. The molecule has 3 atom stereocenters. The van der Waals surface area contributed by atoms with Gasteiger partial charge in [-0.15, -0.1) is 0 Å².